The van der Waals surface area contributed by atoms with E-state index in [1.54, 1.807) is 37.9 Å². The second-order valence-corrected chi connectivity index (χ2v) is 10.2. The first-order valence-corrected chi connectivity index (χ1v) is 12.3. The zero-order valence-corrected chi connectivity index (χ0v) is 21.5. The van der Waals surface area contributed by atoms with Gasteiger partial charge in [0.1, 0.15) is 18.4 Å². The molecule has 1 fully saturated rings. The maximum absolute atomic E-state index is 10.1. The minimum Gasteiger partial charge on any atom is -0.489 e. The van der Waals surface area contributed by atoms with Gasteiger partial charge in [0, 0.05) is 48.7 Å². The Bertz CT molecular complexity index is 1430. The third kappa shape index (κ3) is 5.28. The summed E-state index contributed by atoms with van der Waals surface area (Å²) in [6.07, 6.45) is 9.96. The standard InChI is InChI=1S/C27H31N7O3/c1-18-7-22(15-32(18)13-19-5-6-25(36-4)29-10-19)33-14-21(12-30-33)24-8-23(37-17-27(2,3)35)16-34-26(24)20(9-28)11-31-34/h5-6,8,10-12,14,16,18,22,35H,7,13,15,17H2,1-4H3/t18-,22+/m0/s1. The third-order valence-corrected chi connectivity index (χ3v) is 6.66. The Balaban J connectivity index is 1.39. The van der Waals surface area contributed by atoms with Gasteiger partial charge in [-0.2, -0.15) is 15.5 Å². The van der Waals surface area contributed by atoms with Crippen molar-refractivity contribution in [1.82, 2.24) is 29.3 Å². The van der Waals surface area contributed by atoms with Gasteiger partial charge < -0.3 is 14.6 Å². The van der Waals surface area contributed by atoms with Crippen LogP contribution in [-0.2, 0) is 6.54 Å². The van der Waals surface area contributed by atoms with Gasteiger partial charge >= 0.3 is 0 Å². The molecule has 10 heteroatoms. The molecule has 0 aliphatic carbocycles. The Morgan fingerprint density at radius 1 is 1.19 bits per heavy atom. The molecule has 0 radical (unpaired) electrons. The van der Waals surface area contributed by atoms with Gasteiger partial charge in [-0.3, -0.25) is 9.58 Å². The highest BCUT2D eigenvalue weighted by molar-refractivity contribution is 5.84. The van der Waals surface area contributed by atoms with Crippen molar-refractivity contribution in [2.45, 2.75) is 51.4 Å². The Morgan fingerprint density at radius 3 is 2.73 bits per heavy atom. The number of aliphatic hydroxyl groups is 1. The van der Waals surface area contributed by atoms with Gasteiger partial charge in [-0.05, 0) is 38.8 Å². The number of rotatable bonds is 8. The first kappa shape index (κ1) is 24.7. The summed E-state index contributed by atoms with van der Waals surface area (Å²) in [7, 11) is 1.62. The lowest BCUT2D eigenvalue weighted by Gasteiger charge is -2.20. The van der Waals surface area contributed by atoms with Gasteiger partial charge in [0.05, 0.1) is 48.4 Å². The third-order valence-electron chi connectivity index (χ3n) is 6.66. The molecule has 1 aliphatic rings. The molecular formula is C27H31N7O3. The second-order valence-electron chi connectivity index (χ2n) is 10.2. The average Bonchev–Trinajstić information content (AvgIpc) is 3.61. The first-order valence-electron chi connectivity index (χ1n) is 12.3. The number of pyridine rings is 2. The summed E-state index contributed by atoms with van der Waals surface area (Å²) in [5, 5.41) is 28.8. The van der Waals surface area contributed by atoms with Crippen molar-refractivity contribution in [3.8, 4) is 28.8 Å². The maximum atomic E-state index is 10.1. The molecule has 2 atom stereocenters. The summed E-state index contributed by atoms with van der Waals surface area (Å²) in [5.74, 6) is 1.17. The molecule has 0 aromatic carbocycles. The van der Waals surface area contributed by atoms with Gasteiger partial charge in [0.15, 0.2) is 0 Å². The lowest BCUT2D eigenvalue weighted by Crippen LogP contribution is -2.27. The highest BCUT2D eigenvalue weighted by atomic mass is 16.5. The molecule has 0 amide bonds. The summed E-state index contributed by atoms with van der Waals surface area (Å²) >= 11 is 0. The summed E-state index contributed by atoms with van der Waals surface area (Å²) in [6.45, 7) is 7.42. The predicted octanol–water partition coefficient (Wildman–Crippen LogP) is 3.46. The zero-order valence-electron chi connectivity index (χ0n) is 21.5. The van der Waals surface area contributed by atoms with Crippen molar-refractivity contribution < 1.29 is 14.6 Å². The van der Waals surface area contributed by atoms with E-state index in [2.05, 4.69) is 34.0 Å². The number of hydrogen-bond acceptors (Lipinski definition) is 8. The topological polar surface area (TPSA) is 114 Å². The molecule has 0 bridgehead atoms. The minimum atomic E-state index is -0.977. The van der Waals surface area contributed by atoms with Crippen LogP contribution in [0.4, 0.5) is 0 Å². The number of nitrogens with zero attached hydrogens (tertiary/aromatic N) is 7. The number of nitriles is 1. The summed E-state index contributed by atoms with van der Waals surface area (Å²) in [5.41, 5.74) is 3.03. The summed E-state index contributed by atoms with van der Waals surface area (Å²) in [4.78, 5) is 6.76. The van der Waals surface area contributed by atoms with Crippen molar-refractivity contribution in [1.29, 1.82) is 5.26 Å². The van der Waals surface area contributed by atoms with Crippen LogP contribution in [0.15, 0.2) is 49.2 Å². The van der Waals surface area contributed by atoms with Crippen LogP contribution in [0, 0.1) is 11.3 Å². The number of aromatic nitrogens is 5. The van der Waals surface area contributed by atoms with Crippen molar-refractivity contribution in [3.05, 3.63) is 60.3 Å². The molecule has 192 valence electrons. The molecular weight excluding hydrogens is 470 g/mol. The number of hydrogen-bond donors (Lipinski definition) is 1. The SMILES string of the molecule is COc1ccc(CN2C[C@H](n3cc(-c4cc(OCC(C)(C)O)cn5ncc(C#N)c45)cn3)C[C@@H]2C)cn1. The van der Waals surface area contributed by atoms with Gasteiger partial charge in [0.2, 0.25) is 5.88 Å². The molecule has 0 spiro atoms. The van der Waals surface area contributed by atoms with Crippen LogP contribution in [0.2, 0.25) is 0 Å². The summed E-state index contributed by atoms with van der Waals surface area (Å²) < 4.78 is 14.7. The molecule has 1 aliphatic heterocycles. The highest BCUT2D eigenvalue weighted by Crippen LogP contribution is 2.33. The quantitative estimate of drug-likeness (QED) is 0.391. The van der Waals surface area contributed by atoms with E-state index in [1.807, 2.05) is 35.4 Å². The minimum absolute atomic E-state index is 0.128. The Hall–Kier alpha value is -3.94. The molecule has 5 rings (SSSR count). The van der Waals surface area contributed by atoms with E-state index in [4.69, 9.17) is 14.6 Å². The summed E-state index contributed by atoms with van der Waals surface area (Å²) in [6, 6.07) is 8.66. The van der Waals surface area contributed by atoms with Crippen molar-refractivity contribution in [2.75, 3.05) is 20.3 Å². The van der Waals surface area contributed by atoms with Gasteiger partial charge in [0.25, 0.3) is 0 Å². The van der Waals surface area contributed by atoms with Crippen LogP contribution in [0.5, 0.6) is 11.6 Å². The predicted molar refractivity (Wildman–Crippen MR) is 137 cm³/mol. The van der Waals surface area contributed by atoms with Crippen LogP contribution in [0.3, 0.4) is 0 Å². The molecule has 0 unspecified atom stereocenters. The van der Waals surface area contributed by atoms with E-state index in [0.717, 1.165) is 36.2 Å². The Morgan fingerprint density at radius 2 is 2.03 bits per heavy atom. The van der Waals surface area contributed by atoms with E-state index in [1.165, 1.54) is 0 Å². The Labute approximate surface area is 215 Å². The largest absolute Gasteiger partial charge is 0.489 e. The number of likely N-dealkylation sites (tertiary alicyclic amines) is 1. The molecule has 37 heavy (non-hydrogen) atoms. The normalized spacial score (nSPS) is 18.3. The van der Waals surface area contributed by atoms with Crippen LogP contribution >= 0.6 is 0 Å². The lowest BCUT2D eigenvalue weighted by molar-refractivity contribution is 0.0283. The fourth-order valence-electron chi connectivity index (χ4n) is 4.75. The van der Waals surface area contributed by atoms with Crippen molar-refractivity contribution in [3.63, 3.8) is 0 Å². The molecule has 4 aromatic rings. The van der Waals surface area contributed by atoms with Gasteiger partial charge in [-0.1, -0.05) is 6.07 Å². The van der Waals surface area contributed by atoms with Gasteiger partial charge in [-0.25, -0.2) is 9.50 Å². The smallest absolute Gasteiger partial charge is 0.212 e. The van der Waals surface area contributed by atoms with E-state index in [0.29, 0.717) is 28.8 Å². The monoisotopic (exact) mass is 501 g/mol. The number of fused-ring (bicyclic) bond motifs is 1. The van der Waals surface area contributed by atoms with Crippen LogP contribution in [0.1, 0.15) is 44.4 Å². The molecule has 4 aromatic heterocycles. The first-order chi connectivity index (χ1) is 17.7. The van der Waals surface area contributed by atoms with E-state index in [9.17, 15) is 10.4 Å². The number of methoxy groups -OCH3 is 1. The van der Waals surface area contributed by atoms with E-state index in [-0.39, 0.29) is 12.6 Å². The van der Waals surface area contributed by atoms with E-state index < -0.39 is 5.60 Å². The zero-order chi connectivity index (χ0) is 26.2. The van der Waals surface area contributed by atoms with Crippen molar-refractivity contribution in [2.24, 2.45) is 0 Å². The maximum Gasteiger partial charge on any atom is 0.212 e. The average molecular weight is 502 g/mol. The highest BCUT2D eigenvalue weighted by Gasteiger charge is 2.31. The molecule has 0 saturated carbocycles. The second kappa shape index (κ2) is 9.84. The fourth-order valence-corrected chi connectivity index (χ4v) is 4.75. The van der Waals surface area contributed by atoms with Crippen LogP contribution in [-0.4, -0.2) is 66.3 Å². The number of ether oxygens (including phenoxy) is 2. The molecule has 5 heterocycles. The van der Waals surface area contributed by atoms with E-state index >= 15 is 0 Å². The van der Waals surface area contributed by atoms with Crippen LogP contribution < -0.4 is 9.47 Å². The molecule has 1 N–H and O–H groups in total. The Kier molecular flexibility index (Phi) is 6.58. The lowest BCUT2D eigenvalue weighted by atomic mass is 10.1. The van der Waals surface area contributed by atoms with Gasteiger partial charge in [-0.15, -0.1) is 0 Å². The molecule has 1 saturated heterocycles. The fraction of sp³-hybridized carbons (Fsp3) is 0.407. The van der Waals surface area contributed by atoms with Crippen molar-refractivity contribution >= 4 is 5.52 Å². The molecule has 10 nitrogen and oxygen atoms in total. The van der Waals surface area contributed by atoms with Crippen LogP contribution in [0.25, 0.3) is 16.6 Å².